The zero-order chi connectivity index (χ0) is 11.6. The van der Waals surface area contributed by atoms with E-state index in [1.54, 1.807) is 0 Å². The van der Waals surface area contributed by atoms with Crippen molar-refractivity contribution in [1.29, 1.82) is 0 Å². The standard InChI is InChI=1S/C9H8ClNO4/c1-5-6(4-10)2-3-7(9(12)13)8(5)11(14)15/h2-3H,4H2,1H3,(H,12,13). The van der Waals surface area contributed by atoms with E-state index in [2.05, 4.69) is 0 Å². The monoisotopic (exact) mass is 229 g/mol. The van der Waals surface area contributed by atoms with Gasteiger partial charge in [0.15, 0.2) is 0 Å². The van der Waals surface area contributed by atoms with Crippen LogP contribution in [0.1, 0.15) is 21.5 Å². The van der Waals surface area contributed by atoms with Crippen molar-refractivity contribution in [2.24, 2.45) is 0 Å². The van der Waals surface area contributed by atoms with Crippen LogP contribution in [0.25, 0.3) is 0 Å². The fourth-order valence-electron chi connectivity index (χ4n) is 1.29. The normalized spacial score (nSPS) is 10.0. The molecule has 0 spiro atoms. The summed E-state index contributed by atoms with van der Waals surface area (Å²) in [6.45, 7) is 1.49. The van der Waals surface area contributed by atoms with E-state index in [1.807, 2.05) is 0 Å². The molecule has 1 N–H and O–H groups in total. The summed E-state index contributed by atoms with van der Waals surface area (Å²) in [5.74, 6) is -1.20. The fraction of sp³-hybridized carbons (Fsp3) is 0.222. The van der Waals surface area contributed by atoms with Crippen molar-refractivity contribution in [3.63, 3.8) is 0 Å². The molecule has 15 heavy (non-hydrogen) atoms. The van der Waals surface area contributed by atoms with Gasteiger partial charge in [0.2, 0.25) is 0 Å². The maximum atomic E-state index is 10.7. The molecule has 1 rings (SSSR count). The van der Waals surface area contributed by atoms with Crippen LogP contribution in [-0.4, -0.2) is 16.0 Å². The Bertz CT molecular complexity index is 430. The number of carboxylic acid groups (broad SMARTS) is 1. The van der Waals surface area contributed by atoms with Crippen LogP contribution >= 0.6 is 11.6 Å². The Morgan fingerprint density at radius 3 is 2.60 bits per heavy atom. The predicted molar refractivity (Wildman–Crippen MR) is 54.3 cm³/mol. The number of nitrogens with zero attached hydrogens (tertiary/aromatic N) is 1. The van der Waals surface area contributed by atoms with Gasteiger partial charge in [-0.05, 0) is 18.6 Å². The van der Waals surface area contributed by atoms with E-state index in [1.165, 1.54) is 19.1 Å². The van der Waals surface area contributed by atoms with Crippen LogP contribution in [0.2, 0.25) is 0 Å². The molecule has 0 amide bonds. The minimum atomic E-state index is -1.31. The molecule has 6 heteroatoms. The van der Waals surface area contributed by atoms with E-state index in [0.29, 0.717) is 11.1 Å². The van der Waals surface area contributed by atoms with Gasteiger partial charge in [0.05, 0.1) is 4.92 Å². The number of nitro groups is 1. The van der Waals surface area contributed by atoms with E-state index in [-0.39, 0.29) is 17.1 Å². The number of hydrogen-bond acceptors (Lipinski definition) is 3. The second-order valence-corrected chi connectivity index (χ2v) is 3.21. The lowest BCUT2D eigenvalue weighted by atomic mass is 10.0. The van der Waals surface area contributed by atoms with E-state index in [4.69, 9.17) is 16.7 Å². The van der Waals surface area contributed by atoms with Crippen LogP contribution in [-0.2, 0) is 5.88 Å². The number of nitro benzene ring substituents is 1. The van der Waals surface area contributed by atoms with Crippen LogP contribution in [0.3, 0.4) is 0 Å². The van der Waals surface area contributed by atoms with Crippen molar-refractivity contribution < 1.29 is 14.8 Å². The van der Waals surface area contributed by atoms with Crippen LogP contribution < -0.4 is 0 Å². The molecule has 1 aromatic carbocycles. The summed E-state index contributed by atoms with van der Waals surface area (Å²) in [5, 5.41) is 19.5. The maximum Gasteiger partial charge on any atom is 0.342 e. The molecule has 0 aliphatic rings. The zero-order valence-corrected chi connectivity index (χ0v) is 8.61. The third-order valence-corrected chi connectivity index (χ3v) is 2.39. The van der Waals surface area contributed by atoms with Gasteiger partial charge in [0.1, 0.15) is 5.56 Å². The Morgan fingerprint density at radius 2 is 2.20 bits per heavy atom. The highest BCUT2D eigenvalue weighted by Gasteiger charge is 2.23. The first kappa shape index (κ1) is 11.5. The fourth-order valence-corrected chi connectivity index (χ4v) is 1.58. The number of aromatic carboxylic acids is 1. The number of benzene rings is 1. The average molecular weight is 230 g/mol. The lowest BCUT2D eigenvalue weighted by molar-refractivity contribution is -0.385. The highest BCUT2D eigenvalue weighted by Crippen LogP contribution is 2.27. The molecule has 0 heterocycles. The molecule has 0 saturated heterocycles. The molecule has 0 aromatic heterocycles. The highest BCUT2D eigenvalue weighted by atomic mass is 35.5. The molecule has 0 unspecified atom stereocenters. The quantitative estimate of drug-likeness (QED) is 0.490. The molecule has 0 aliphatic carbocycles. The predicted octanol–water partition coefficient (Wildman–Crippen LogP) is 2.34. The first-order valence-corrected chi connectivity index (χ1v) is 4.58. The number of carbonyl (C=O) groups is 1. The van der Waals surface area contributed by atoms with E-state index in [0.717, 1.165) is 0 Å². The van der Waals surface area contributed by atoms with Crippen molar-refractivity contribution in [2.75, 3.05) is 0 Å². The molecular formula is C9H8ClNO4. The molecule has 0 atom stereocenters. The summed E-state index contributed by atoms with van der Waals surface area (Å²) in [6, 6.07) is 2.68. The minimum Gasteiger partial charge on any atom is -0.477 e. The Labute approximate surface area is 90.4 Å². The van der Waals surface area contributed by atoms with E-state index >= 15 is 0 Å². The lowest BCUT2D eigenvalue weighted by Crippen LogP contribution is -2.05. The smallest absolute Gasteiger partial charge is 0.342 e. The molecule has 0 fully saturated rings. The van der Waals surface area contributed by atoms with Gasteiger partial charge in [0, 0.05) is 11.4 Å². The summed E-state index contributed by atoms with van der Waals surface area (Å²) in [5.41, 5.74) is 0.162. The molecule has 5 nitrogen and oxygen atoms in total. The van der Waals surface area contributed by atoms with Gasteiger partial charge in [-0.15, -0.1) is 11.6 Å². The molecule has 0 saturated carbocycles. The third kappa shape index (κ3) is 2.07. The summed E-state index contributed by atoms with van der Waals surface area (Å²) in [7, 11) is 0. The van der Waals surface area contributed by atoms with Crippen LogP contribution in [0.5, 0.6) is 0 Å². The van der Waals surface area contributed by atoms with Crippen LogP contribution in [0.4, 0.5) is 5.69 Å². The third-order valence-electron chi connectivity index (χ3n) is 2.10. The van der Waals surface area contributed by atoms with Crippen molar-refractivity contribution >= 4 is 23.3 Å². The van der Waals surface area contributed by atoms with E-state index in [9.17, 15) is 14.9 Å². The van der Waals surface area contributed by atoms with Gasteiger partial charge < -0.3 is 5.11 Å². The SMILES string of the molecule is Cc1c(CCl)ccc(C(=O)O)c1[N+](=O)[O-]. The van der Waals surface area contributed by atoms with E-state index < -0.39 is 10.9 Å². The molecular weight excluding hydrogens is 222 g/mol. The second-order valence-electron chi connectivity index (χ2n) is 2.94. The summed E-state index contributed by atoms with van der Waals surface area (Å²) >= 11 is 5.57. The van der Waals surface area contributed by atoms with Crippen LogP contribution in [0.15, 0.2) is 12.1 Å². The molecule has 0 bridgehead atoms. The Hall–Kier alpha value is -1.62. The topological polar surface area (TPSA) is 80.4 Å². The Kier molecular flexibility index (Phi) is 3.26. The van der Waals surface area contributed by atoms with Crippen molar-refractivity contribution in [2.45, 2.75) is 12.8 Å². The minimum absolute atomic E-state index is 0.118. The van der Waals surface area contributed by atoms with Gasteiger partial charge in [0.25, 0.3) is 5.69 Å². The molecule has 0 radical (unpaired) electrons. The summed E-state index contributed by atoms with van der Waals surface area (Å²) in [4.78, 5) is 20.8. The Balaban J connectivity index is 3.51. The van der Waals surface area contributed by atoms with Crippen molar-refractivity contribution in [1.82, 2.24) is 0 Å². The lowest BCUT2D eigenvalue weighted by Gasteiger charge is -2.05. The number of alkyl halides is 1. The summed E-state index contributed by atoms with van der Waals surface area (Å²) < 4.78 is 0. The Morgan fingerprint density at radius 1 is 1.60 bits per heavy atom. The zero-order valence-electron chi connectivity index (χ0n) is 7.86. The van der Waals surface area contributed by atoms with Gasteiger partial charge in [-0.1, -0.05) is 6.07 Å². The second kappa shape index (κ2) is 4.27. The van der Waals surface area contributed by atoms with Gasteiger partial charge >= 0.3 is 5.97 Å². The number of carboxylic acids is 1. The number of halogens is 1. The van der Waals surface area contributed by atoms with Gasteiger partial charge in [-0.3, -0.25) is 10.1 Å². The highest BCUT2D eigenvalue weighted by molar-refractivity contribution is 6.17. The maximum absolute atomic E-state index is 10.7. The molecule has 80 valence electrons. The molecule has 0 aliphatic heterocycles. The first-order chi connectivity index (χ1) is 6.99. The largest absolute Gasteiger partial charge is 0.477 e. The molecule has 1 aromatic rings. The number of hydrogen-bond donors (Lipinski definition) is 1. The van der Waals surface area contributed by atoms with Crippen molar-refractivity contribution in [3.8, 4) is 0 Å². The summed E-state index contributed by atoms with van der Waals surface area (Å²) in [6.07, 6.45) is 0. The average Bonchev–Trinajstić information content (AvgIpc) is 2.16. The number of rotatable bonds is 3. The van der Waals surface area contributed by atoms with Gasteiger partial charge in [-0.25, -0.2) is 4.79 Å². The van der Waals surface area contributed by atoms with Crippen molar-refractivity contribution in [3.05, 3.63) is 38.9 Å². The van der Waals surface area contributed by atoms with Gasteiger partial charge in [-0.2, -0.15) is 0 Å². The van der Waals surface area contributed by atoms with Crippen LogP contribution in [0, 0.1) is 17.0 Å². The first-order valence-electron chi connectivity index (χ1n) is 4.05.